The SMILES string of the molecule is COC(=O)c1ccc(C(C)=O)c(OCc2ccccc2)c1N.F. The molecule has 0 aliphatic heterocycles. The van der Waals surface area contributed by atoms with Crippen molar-refractivity contribution in [2.45, 2.75) is 13.5 Å². The molecule has 0 unspecified atom stereocenters. The third kappa shape index (κ3) is 4.06. The number of halogens is 1. The third-order valence-electron chi connectivity index (χ3n) is 3.21. The summed E-state index contributed by atoms with van der Waals surface area (Å²) in [5.74, 6) is -0.553. The number of carbonyl (C=O) groups excluding carboxylic acids is 2. The van der Waals surface area contributed by atoms with Crippen LogP contribution in [0.1, 0.15) is 33.2 Å². The van der Waals surface area contributed by atoms with Crippen molar-refractivity contribution in [1.82, 2.24) is 0 Å². The number of ketones is 1. The second kappa shape index (κ2) is 7.93. The molecule has 2 aromatic rings. The zero-order chi connectivity index (χ0) is 16.1. The molecule has 0 aliphatic rings. The van der Waals surface area contributed by atoms with Crippen LogP contribution in [0.25, 0.3) is 0 Å². The Morgan fingerprint density at radius 1 is 1.04 bits per heavy atom. The molecule has 0 saturated heterocycles. The van der Waals surface area contributed by atoms with Gasteiger partial charge in [-0.1, -0.05) is 30.3 Å². The average molecular weight is 319 g/mol. The Labute approximate surface area is 133 Å². The lowest BCUT2D eigenvalue weighted by molar-refractivity contribution is 0.0601. The summed E-state index contributed by atoms with van der Waals surface area (Å²) in [7, 11) is 1.27. The number of anilines is 1. The van der Waals surface area contributed by atoms with E-state index in [0.29, 0.717) is 5.56 Å². The van der Waals surface area contributed by atoms with E-state index in [2.05, 4.69) is 4.74 Å². The van der Waals surface area contributed by atoms with Gasteiger partial charge in [-0.3, -0.25) is 9.50 Å². The Morgan fingerprint density at radius 3 is 2.22 bits per heavy atom. The maximum atomic E-state index is 11.7. The summed E-state index contributed by atoms with van der Waals surface area (Å²) >= 11 is 0. The summed E-state index contributed by atoms with van der Waals surface area (Å²) in [5, 5.41) is 0. The van der Waals surface area contributed by atoms with Crippen molar-refractivity contribution in [2.24, 2.45) is 0 Å². The predicted octanol–water partition coefficient (Wildman–Crippen LogP) is 2.99. The van der Waals surface area contributed by atoms with Crippen molar-refractivity contribution < 1.29 is 23.8 Å². The van der Waals surface area contributed by atoms with Crippen LogP contribution in [0.3, 0.4) is 0 Å². The van der Waals surface area contributed by atoms with Crippen molar-refractivity contribution >= 4 is 17.4 Å². The Bertz CT molecular complexity index is 701. The van der Waals surface area contributed by atoms with E-state index in [4.69, 9.17) is 10.5 Å². The first-order chi connectivity index (χ1) is 10.5. The lowest BCUT2D eigenvalue weighted by Crippen LogP contribution is -2.11. The molecule has 0 radical (unpaired) electrons. The normalized spacial score (nSPS) is 9.65. The van der Waals surface area contributed by atoms with E-state index in [-0.39, 0.29) is 34.1 Å². The molecular weight excluding hydrogens is 301 g/mol. The molecule has 0 fully saturated rings. The molecule has 0 atom stereocenters. The number of ether oxygens (including phenoxy) is 2. The van der Waals surface area contributed by atoms with E-state index >= 15 is 0 Å². The summed E-state index contributed by atoms with van der Waals surface area (Å²) in [5.41, 5.74) is 7.53. The van der Waals surface area contributed by atoms with Gasteiger partial charge in [0.25, 0.3) is 0 Å². The van der Waals surface area contributed by atoms with Crippen LogP contribution in [0.5, 0.6) is 5.75 Å². The number of esters is 1. The molecular formula is C17H18FNO4. The first-order valence-corrected chi connectivity index (χ1v) is 6.73. The number of hydrogen-bond donors (Lipinski definition) is 1. The highest BCUT2D eigenvalue weighted by molar-refractivity contribution is 6.03. The van der Waals surface area contributed by atoms with Crippen LogP contribution in [-0.4, -0.2) is 18.9 Å². The Kier molecular flexibility index (Phi) is 6.26. The van der Waals surface area contributed by atoms with Gasteiger partial charge < -0.3 is 15.2 Å². The van der Waals surface area contributed by atoms with Crippen LogP contribution in [0.4, 0.5) is 10.4 Å². The van der Waals surface area contributed by atoms with E-state index in [0.717, 1.165) is 5.56 Å². The summed E-state index contributed by atoms with van der Waals surface area (Å²) in [4.78, 5) is 23.4. The zero-order valence-corrected chi connectivity index (χ0v) is 12.9. The average Bonchev–Trinajstić information content (AvgIpc) is 2.53. The molecule has 2 rings (SSSR count). The van der Waals surface area contributed by atoms with Gasteiger partial charge in [-0.2, -0.15) is 0 Å². The van der Waals surface area contributed by atoms with Crippen molar-refractivity contribution in [3.8, 4) is 5.75 Å². The molecule has 0 amide bonds. The van der Waals surface area contributed by atoms with Crippen LogP contribution in [0.15, 0.2) is 42.5 Å². The molecule has 2 aromatic carbocycles. The van der Waals surface area contributed by atoms with Gasteiger partial charge in [-0.15, -0.1) is 0 Å². The number of rotatable bonds is 5. The summed E-state index contributed by atoms with van der Waals surface area (Å²) in [6, 6.07) is 12.5. The number of hydrogen-bond acceptors (Lipinski definition) is 5. The van der Waals surface area contributed by atoms with Gasteiger partial charge in [0.1, 0.15) is 6.61 Å². The summed E-state index contributed by atoms with van der Waals surface area (Å²) < 4.78 is 10.4. The molecule has 0 heterocycles. The predicted molar refractivity (Wildman–Crippen MR) is 85.5 cm³/mol. The molecule has 6 heteroatoms. The zero-order valence-electron chi connectivity index (χ0n) is 12.9. The number of nitrogen functional groups attached to an aromatic ring is 1. The number of Topliss-reactive ketones (excluding diaryl/α,β-unsaturated/α-hetero) is 1. The maximum absolute atomic E-state index is 11.7. The fourth-order valence-corrected chi connectivity index (χ4v) is 2.05. The molecule has 0 spiro atoms. The summed E-state index contributed by atoms with van der Waals surface area (Å²) in [6.45, 7) is 1.66. The third-order valence-corrected chi connectivity index (χ3v) is 3.21. The number of methoxy groups -OCH3 is 1. The van der Waals surface area contributed by atoms with Gasteiger partial charge in [0, 0.05) is 0 Å². The fraction of sp³-hybridized carbons (Fsp3) is 0.176. The minimum atomic E-state index is -0.572. The quantitative estimate of drug-likeness (QED) is 0.521. The molecule has 2 N–H and O–H groups in total. The minimum absolute atomic E-state index is 0. The molecule has 0 saturated carbocycles. The maximum Gasteiger partial charge on any atom is 0.340 e. The van der Waals surface area contributed by atoms with E-state index in [1.54, 1.807) is 0 Å². The highest BCUT2D eigenvalue weighted by Crippen LogP contribution is 2.31. The largest absolute Gasteiger partial charge is 0.486 e. The second-order valence-electron chi connectivity index (χ2n) is 4.73. The van der Waals surface area contributed by atoms with Crippen molar-refractivity contribution in [2.75, 3.05) is 12.8 Å². The topological polar surface area (TPSA) is 78.6 Å². The van der Waals surface area contributed by atoms with Gasteiger partial charge in [0.05, 0.1) is 23.9 Å². The lowest BCUT2D eigenvalue weighted by Gasteiger charge is -2.15. The van der Waals surface area contributed by atoms with Gasteiger partial charge in [0.2, 0.25) is 0 Å². The van der Waals surface area contributed by atoms with Crippen LogP contribution in [0.2, 0.25) is 0 Å². The number of benzene rings is 2. The smallest absolute Gasteiger partial charge is 0.340 e. The lowest BCUT2D eigenvalue weighted by atomic mass is 10.0. The molecule has 0 aromatic heterocycles. The van der Waals surface area contributed by atoms with E-state index in [1.165, 1.54) is 26.2 Å². The monoisotopic (exact) mass is 319 g/mol. The van der Waals surface area contributed by atoms with Gasteiger partial charge in [0.15, 0.2) is 11.5 Å². The van der Waals surface area contributed by atoms with E-state index in [1.807, 2.05) is 30.3 Å². The Morgan fingerprint density at radius 2 is 1.65 bits per heavy atom. The number of nitrogens with two attached hydrogens (primary N) is 1. The molecule has 5 nitrogen and oxygen atoms in total. The first-order valence-electron chi connectivity index (χ1n) is 6.73. The van der Waals surface area contributed by atoms with Crippen molar-refractivity contribution in [3.05, 3.63) is 59.2 Å². The standard InChI is InChI=1S/C17H17NO4.FH/c1-11(19)13-8-9-14(17(20)21-2)15(18)16(13)22-10-12-6-4-3-5-7-12;/h3-9H,10,18H2,1-2H3;1H. The Hall–Kier alpha value is -2.89. The first kappa shape index (κ1) is 18.2. The Balaban J connectivity index is 0.00000264. The summed E-state index contributed by atoms with van der Waals surface area (Å²) in [6.07, 6.45) is 0. The van der Waals surface area contributed by atoms with Crippen LogP contribution >= 0.6 is 0 Å². The highest BCUT2D eigenvalue weighted by atomic mass is 19.0. The van der Waals surface area contributed by atoms with Gasteiger partial charge in [-0.25, -0.2) is 4.79 Å². The highest BCUT2D eigenvalue weighted by Gasteiger charge is 2.19. The van der Waals surface area contributed by atoms with E-state index in [9.17, 15) is 9.59 Å². The molecule has 0 aliphatic carbocycles. The van der Waals surface area contributed by atoms with Gasteiger partial charge >= 0.3 is 5.97 Å². The van der Waals surface area contributed by atoms with Gasteiger partial charge in [-0.05, 0) is 24.6 Å². The fourth-order valence-electron chi connectivity index (χ4n) is 2.05. The molecule has 23 heavy (non-hydrogen) atoms. The van der Waals surface area contributed by atoms with Crippen molar-refractivity contribution in [1.29, 1.82) is 0 Å². The van der Waals surface area contributed by atoms with E-state index < -0.39 is 5.97 Å². The van der Waals surface area contributed by atoms with Crippen LogP contribution < -0.4 is 10.5 Å². The molecule has 122 valence electrons. The van der Waals surface area contributed by atoms with Crippen molar-refractivity contribution in [3.63, 3.8) is 0 Å². The second-order valence-corrected chi connectivity index (χ2v) is 4.73. The van der Waals surface area contributed by atoms with Crippen LogP contribution in [-0.2, 0) is 11.3 Å². The molecule has 0 bridgehead atoms. The van der Waals surface area contributed by atoms with Crippen LogP contribution in [0, 0.1) is 0 Å². The minimum Gasteiger partial charge on any atom is -0.486 e. The number of carbonyl (C=O) groups is 2.